The molecule has 0 aliphatic carbocycles. The van der Waals surface area contributed by atoms with E-state index >= 15 is 0 Å². The van der Waals surface area contributed by atoms with Crippen molar-refractivity contribution in [1.29, 1.82) is 0 Å². The average Bonchev–Trinajstić information content (AvgIpc) is 2.29. The van der Waals surface area contributed by atoms with Gasteiger partial charge in [0.25, 0.3) is 5.69 Å². The van der Waals surface area contributed by atoms with E-state index in [-0.39, 0.29) is 17.9 Å². The fraction of sp³-hybridized carbons (Fsp3) is 0.182. The van der Waals surface area contributed by atoms with Gasteiger partial charge >= 0.3 is 0 Å². The molecule has 1 aromatic rings. The Bertz CT molecular complexity index is 426. The summed E-state index contributed by atoms with van der Waals surface area (Å²) in [6.45, 7) is 0.0277. The summed E-state index contributed by atoms with van der Waals surface area (Å²) < 4.78 is 0. The van der Waals surface area contributed by atoms with Crippen LogP contribution in [0.2, 0.25) is 0 Å². The van der Waals surface area contributed by atoms with Crippen LogP contribution < -0.4 is 0 Å². The van der Waals surface area contributed by atoms with Crippen molar-refractivity contribution in [3.8, 4) is 0 Å². The lowest BCUT2D eigenvalue weighted by atomic mass is 10.1. The number of hydrogen-bond donors (Lipinski definition) is 1. The number of hydrogen-bond acceptors (Lipinski definition) is 4. The first-order valence-electron chi connectivity index (χ1n) is 4.70. The average molecular weight is 221 g/mol. The van der Waals surface area contributed by atoms with E-state index < -0.39 is 4.92 Å². The molecule has 5 nitrogen and oxygen atoms in total. The van der Waals surface area contributed by atoms with Crippen LogP contribution in [0.4, 0.5) is 5.69 Å². The van der Waals surface area contributed by atoms with Crippen molar-refractivity contribution in [2.75, 3.05) is 6.61 Å². The van der Waals surface area contributed by atoms with Crippen LogP contribution in [-0.2, 0) is 0 Å². The van der Waals surface area contributed by atoms with Gasteiger partial charge in [-0.15, -0.1) is 0 Å². The van der Waals surface area contributed by atoms with Gasteiger partial charge in [0, 0.05) is 24.3 Å². The van der Waals surface area contributed by atoms with Crippen LogP contribution in [0.1, 0.15) is 22.3 Å². The first kappa shape index (κ1) is 12.1. The highest BCUT2D eigenvalue weighted by Crippen LogP contribution is 2.17. The van der Waals surface area contributed by atoms with Gasteiger partial charge in [-0.3, -0.25) is 14.9 Å². The predicted molar refractivity (Wildman–Crippen MR) is 59.2 cm³/mol. The zero-order chi connectivity index (χ0) is 12.0. The second-order valence-corrected chi connectivity index (χ2v) is 3.10. The van der Waals surface area contributed by atoms with E-state index in [9.17, 15) is 14.9 Å². The number of nitro groups is 1. The van der Waals surface area contributed by atoms with Gasteiger partial charge < -0.3 is 5.11 Å². The number of nitrogens with zero attached hydrogens (tertiary/aromatic N) is 1. The normalized spacial score (nSPS) is 10.6. The molecule has 0 spiro atoms. The maximum absolute atomic E-state index is 10.7. The Kier molecular flexibility index (Phi) is 4.35. The van der Waals surface area contributed by atoms with E-state index in [4.69, 9.17) is 5.11 Å². The number of aliphatic hydroxyl groups is 1. The minimum absolute atomic E-state index is 0.0277. The molecule has 0 saturated heterocycles. The van der Waals surface area contributed by atoms with Crippen molar-refractivity contribution >= 4 is 18.0 Å². The second-order valence-electron chi connectivity index (χ2n) is 3.10. The summed E-state index contributed by atoms with van der Waals surface area (Å²) in [6.07, 6.45) is 4.42. The van der Waals surface area contributed by atoms with Gasteiger partial charge in [0.05, 0.1) is 4.92 Å². The fourth-order valence-electron chi connectivity index (χ4n) is 1.21. The summed E-state index contributed by atoms with van der Waals surface area (Å²) in [5.41, 5.74) is 0.763. The molecule has 0 bridgehead atoms. The molecule has 0 fully saturated rings. The third-order valence-corrected chi connectivity index (χ3v) is 2.00. The number of rotatable bonds is 5. The van der Waals surface area contributed by atoms with Gasteiger partial charge in [-0.1, -0.05) is 12.2 Å². The van der Waals surface area contributed by atoms with Crippen LogP contribution in [-0.4, -0.2) is 22.9 Å². The third kappa shape index (κ3) is 2.99. The molecule has 0 aromatic heterocycles. The lowest BCUT2D eigenvalue weighted by molar-refractivity contribution is -0.384. The molecule has 1 rings (SSSR count). The van der Waals surface area contributed by atoms with Crippen LogP contribution in [0.3, 0.4) is 0 Å². The van der Waals surface area contributed by atoms with Crippen LogP contribution in [0.25, 0.3) is 6.08 Å². The summed E-state index contributed by atoms with van der Waals surface area (Å²) >= 11 is 0. The number of aliphatic hydroxyl groups excluding tert-OH is 1. The zero-order valence-corrected chi connectivity index (χ0v) is 8.50. The van der Waals surface area contributed by atoms with E-state index in [1.807, 2.05) is 0 Å². The molecule has 0 saturated carbocycles. The van der Waals surface area contributed by atoms with Crippen molar-refractivity contribution in [3.63, 3.8) is 0 Å². The first-order valence-corrected chi connectivity index (χ1v) is 4.70. The highest BCUT2D eigenvalue weighted by Gasteiger charge is 2.08. The molecule has 16 heavy (non-hydrogen) atoms. The molecule has 1 N–H and O–H groups in total. The molecule has 0 amide bonds. The topological polar surface area (TPSA) is 80.4 Å². The molecular formula is C11H11NO4. The molecule has 0 atom stereocenters. The van der Waals surface area contributed by atoms with E-state index in [1.54, 1.807) is 12.2 Å². The Morgan fingerprint density at radius 2 is 2.12 bits per heavy atom. The van der Waals surface area contributed by atoms with Crippen molar-refractivity contribution in [3.05, 3.63) is 45.5 Å². The van der Waals surface area contributed by atoms with E-state index in [0.717, 1.165) is 0 Å². The summed E-state index contributed by atoms with van der Waals surface area (Å²) in [4.78, 5) is 20.7. The number of nitro benzene ring substituents is 1. The Morgan fingerprint density at radius 1 is 1.38 bits per heavy atom. The van der Waals surface area contributed by atoms with Gasteiger partial charge in [0.15, 0.2) is 6.29 Å². The maximum Gasteiger partial charge on any atom is 0.270 e. The quantitative estimate of drug-likeness (QED) is 0.467. The standard InChI is InChI=1S/C11H11NO4/c13-6-2-1-3-9-4-5-11(12(15)16)7-10(9)8-14/h1,3-5,7-8,13H,2,6H2. The number of carbonyl (C=O) groups excluding carboxylic acids is 1. The SMILES string of the molecule is O=Cc1cc([N+](=O)[O-])ccc1C=CCCO. The van der Waals surface area contributed by atoms with Gasteiger partial charge in [0.1, 0.15) is 0 Å². The van der Waals surface area contributed by atoms with Gasteiger partial charge in [0.2, 0.25) is 0 Å². The lowest BCUT2D eigenvalue weighted by Crippen LogP contribution is -1.92. The molecule has 0 heterocycles. The molecule has 84 valence electrons. The number of benzene rings is 1. The zero-order valence-electron chi connectivity index (χ0n) is 8.50. The van der Waals surface area contributed by atoms with Gasteiger partial charge in [-0.25, -0.2) is 0 Å². The van der Waals surface area contributed by atoms with Crippen LogP contribution >= 0.6 is 0 Å². The number of aldehydes is 1. The Balaban J connectivity index is 3.02. The second kappa shape index (κ2) is 5.77. The Hall–Kier alpha value is -2.01. The first-order chi connectivity index (χ1) is 7.69. The monoisotopic (exact) mass is 221 g/mol. The van der Waals surface area contributed by atoms with E-state index in [2.05, 4.69) is 0 Å². The highest BCUT2D eigenvalue weighted by molar-refractivity contribution is 5.83. The minimum atomic E-state index is -0.547. The van der Waals surface area contributed by atoms with Crippen LogP contribution in [0.5, 0.6) is 0 Å². The van der Waals surface area contributed by atoms with Crippen molar-refractivity contribution in [2.24, 2.45) is 0 Å². The van der Waals surface area contributed by atoms with Crippen molar-refractivity contribution < 1.29 is 14.8 Å². The van der Waals surface area contributed by atoms with Gasteiger partial charge in [-0.05, 0) is 18.1 Å². The molecule has 0 unspecified atom stereocenters. The smallest absolute Gasteiger partial charge is 0.270 e. The highest BCUT2D eigenvalue weighted by atomic mass is 16.6. The number of carbonyl (C=O) groups is 1. The fourth-order valence-corrected chi connectivity index (χ4v) is 1.21. The summed E-state index contributed by atoms with van der Waals surface area (Å²) in [6, 6.07) is 4.08. The molecule has 0 aliphatic heterocycles. The third-order valence-electron chi connectivity index (χ3n) is 2.00. The summed E-state index contributed by atoms with van der Waals surface area (Å²) in [7, 11) is 0. The summed E-state index contributed by atoms with van der Waals surface area (Å²) in [5.74, 6) is 0. The maximum atomic E-state index is 10.7. The molecular weight excluding hydrogens is 210 g/mol. The Labute approximate surface area is 92.2 Å². The minimum Gasteiger partial charge on any atom is -0.396 e. The van der Waals surface area contributed by atoms with Gasteiger partial charge in [-0.2, -0.15) is 0 Å². The van der Waals surface area contributed by atoms with Crippen LogP contribution in [0, 0.1) is 10.1 Å². The van der Waals surface area contributed by atoms with E-state index in [0.29, 0.717) is 18.3 Å². The molecule has 0 radical (unpaired) electrons. The lowest BCUT2D eigenvalue weighted by Gasteiger charge is -1.98. The predicted octanol–water partition coefficient (Wildman–Crippen LogP) is 1.80. The Morgan fingerprint density at radius 3 is 2.69 bits per heavy atom. The molecule has 5 heteroatoms. The van der Waals surface area contributed by atoms with E-state index in [1.165, 1.54) is 18.2 Å². The largest absolute Gasteiger partial charge is 0.396 e. The van der Waals surface area contributed by atoms with Crippen LogP contribution in [0.15, 0.2) is 24.3 Å². The van der Waals surface area contributed by atoms with Crippen molar-refractivity contribution in [2.45, 2.75) is 6.42 Å². The molecule has 0 aliphatic rings. The summed E-state index contributed by atoms with van der Waals surface area (Å²) in [5, 5.41) is 19.1. The van der Waals surface area contributed by atoms with Crippen molar-refractivity contribution in [1.82, 2.24) is 0 Å². The number of non-ortho nitro benzene ring substituents is 1. The molecule has 1 aromatic carbocycles.